The van der Waals surface area contributed by atoms with E-state index in [2.05, 4.69) is 0 Å². The van der Waals surface area contributed by atoms with Gasteiger partial charge in [0.1, 0.15) is 0 Å². The first-order valence-corrected chi connectivity index (χ1v) is 5.82. The average molecular weight is 269 g/mol. The van der Waals surface area contributed by atoms with Crippen LogP contribution >= 0.6 is 0 Å². The van der Waals surface area contributed by atoms with Crippen molar-refractivity contribution in [3.8, 4) is 0 Å². The first-order chi connectivity index (χ1) is 7.65. The van der Waals surface area contributed by atoms with Gasteiger partial charge in [0.25, 0.3) is 15.5 Å². The predicted molar refractivity (Wildman–Crippen MR) is 51.8 cm³/mol. The summed E-state index contributed by atoms with van der Waals surface area (Å²) in [5.41, 5.74) is -6.56. The molecule has 0 saturated carbocycles. The van der Waals surface area contributed by atoms with Gasteiger partial charge >= 0.3 is 5.51 Å². The van der Waals surface area contributed by atoms with Gasteiger partial charge in [-0.2, -0.15) is 13.2 Å². The number of nitro benzene ring substituents is 1. The first-order valence-electron chi connectivity index (χ1n) is 4.16. The minimum absolute atomic E-state index is 0.491. The molecule has 0 aliphatic rings. The van der Waals surface area contributed by atoms with E-state index in [-0.39, 0.29) is 0 Å². The van der Waals surface area contributed by atoms with E-state index >= 15 is 0 Å². The number of nitro groups is 1. The number of rotatable bonds is 3. The highest BCUT2D eigenvalue weighted by Gasteiger charge is 2.46. The molecule has 0 fully saturated rings. The Morgan fingerprint density at radius 3 is 2.24 bits per heavy atom. The van der Waals surface area contributed by atoms with Gasteiger partial charge in [0.15, 0.2) is 0 Å². The highest BCUT2D eigenvalue weighted by molar-refractivity contribution is 7.91. The molecule has 0 bridgehead atoms. The molecule has 0 radical (unpaired) electrons. The Hall–Kier alpha value is -1.64. The summed E-state index contributed by atoms with van der Waals surface area (Å²) in [4.78, 5) is 9.56. The van der Waals surface area contributed by atoms with E-state index in [1.54, 1.807) is 0 Å². The molecule has 9 heteroatoms. The van der Waals surface area contributed by atoms with E-state index in [0.717, 1.165) is 12.1 Å². The SMILES string of the molecule is O=[N+]([O-])c1ccccc1CS(=O)(=O)C(F)(F)F. The van der Waals surface area contributed by atoms with Gasteiger partial charge < -0.3 is 0 Å². The fourth-order valence-corrected chi connectivity index (χ4v) is 1.91. The molecule has 0 aliphatic carbocycles. The van der Waals surface area contributed by atoms with E-state index in [1.165, 1.54) is 12.1 Å². The van der Waals surface area contributed by atoms with E-state index in [0.29, 0.717) is 0 Å². The van der Waals surface area contributed by atoms with Crippen molar-refractivity contribution in [2.45, 2.75) is 11.3 Å². The summed E-state index contributed by atoms with van der Waals surface area (Å²) >= 11 is 0. The second kappa shape index (κ2) is 4.32. The summed E-state index contributed by atoms with van der Waals surface area (Å²) in [5.74, 6) is -1.44. The van der Waals surface area contributed by atoms with E-state index in [9.17, 15) is 31.7 Å². The number of benzene rings is 1. The maximum Gasteiger partial charge on any atom is 0.497 e. The van der Waals surface area contributed by atoms with Crippen molar-refractivity contribution in [3.63, 3.8) is 0 Å². The molecule has 17 heavy (non-hydrogen) atoms. The number of alkyl halides is 3. The monoisotopic (exact) mass is 269 g/mol. The number of para-hydroxylation sites is 1. The minimum Gasteiger partial charge on any atom is -0.258 e. The summed E-state index contributed by atoms with van der Waals surface area (Å²) in [6.45, 7) is 0. The smallest absolute Gasteiger partial charge is 0.258 e. The molecule has 0 heterocycles. The van der Waals surface area contributed by atoms with Crippen molar-refractivity contribution >= 4 is 15.5 Å². The number of hydrogen-bond donors (Lipinski definition) is 0. The van der Waals surface area contributed by atoms with Crippen LogP contribution in [0.15, 0.2) is 24.3 Å². The average Bonchev–Trinajstić information content (AvgIpc) is 2.15. The van der Waals surface area contributed by atoms with Crippen LogP contribution in [0.1, 0.15) is 5.56 Å². The van der Waals surface area contributed by atoms with Crippen LogP contribution in [-0.2, 0) is 15.6 Å². The molecule has 0 aromatic heterocycles. The lowest BCUT2D eigenvalue weighted by molar-refractivity contribution is -0.385. The molecule has 0 amide bonds. The van der Waals surface area contributed by atoms with Gasteiger partial charge in [-0.25, -0.2) is 8.42 Å². The quantitative estimate of drug-likeness (QED) is 0.621. The summed E-state index contributed by atoms with van der Waals surface area (Å²) in [6.07, 6.45) is 0. The summed E-state index contributed by atoms with van der Waals surface area (Å²) in [5, 5.41) is 10.5. The lowest BCUT2D eigenvalue weighted by Crippen LogP contribution is -2.25. The predicted octanol–water partition coefficient (Wildman–Crippen LogP) is 2.03. The third-order valence-electron chi connectivity index (χ3n) is 1.89. The molecule has 5 nitrogen and oxygen atoms in total. The van der Waals surface area contributed by atoms with Crippen LogP contribution < -0.4 is 0 Å². The molecular weight excluding hydrogens is 263 g/mol. The van der Waals surface area contributed by atoms with Crippen LogP contribution in [0.25, 0.3) is 0 Å². The van der Waals surface area contributed by atoms with Gasteiger partial charge in [0.05, 0.1) is 10.7 Å². The molecule has 94 valence electrons. The Labute approximate surface area is 93.9 Å². The Morgan fingerprint density at radius 2 is 1.76 bits per heavy atom. The number of sulfone groups is 1. The van der Waals surface area contributed by atoms with E-state index < -0.39 is 37.3 Å². The second-order valence-corrected chi connectivity index (χ2v) is 5.07. The lowest BCUT2D eigenvalue weighted by atomic mass is 10.2. The summed E-state index contributed by atoms with van der Waals surface area (Å²) < 4.78 is 58.0. The Morgan fingerprint density at radius 1 is 1.24 bits per heavy atom. The Bertz CT molecular complexity index is 538. The van der Waals surface area contributed by atoms with Gasteiger partial charge in [0, 0.05) is 11.6 Å². The standard InChI is InChI=1S/C8H6F3NO4S/c9-8(10,11)17(15,16)5-6-3-1-2-4-7(6)12(13)14/h1-4H,5H2. The zero-order valence-corrected chi connectivity index (χ0v) is 8.96. The van der Waals surface area contributed by atoms with Crippen LogP contribution in [0.2, 0.25) is 0 Å². The van der Waals surface area contributed by atoms with Gasteiger partial charge in [-0.1, -0.05) is 18.2 Å². The van der Waals surface area contributed by atoms with Crippen LogP contribution in [0.4, 0.5) is 18.9 Å². The topological polar surface area (TPSA) is 77.3 Å². The van der Waals surface area contributed by atoms with E-state index in [4.69, 9.17) is 0 Å². The zero-order valence-electron chi connectivity index (χ0n) is 8.14. The van der Waals surface area contributed by atoms with Crippen LogP contribution in [-0.4, -0.2) is 18.8 Å². The molecule has 1 aromatic carbocycles. The third kappa shape index (κ3) is 2.93. The van der Waals surface area contributed by atoms with Crippen molar-refractivity contribution in [1.29, 1.82) is 0 Å². The van der Waals surface area contributed by atoms with Crippen molar-refractivity contribution in [3.05, 3.63) is 39.9 Å². The molecule has 0 spiro atoms. The molecule has 0 N–H and O–H groups in total. The van der Waals surface area contributed by atoms with Gasteiger partial charge in [-0.05, 0) is 0 Å². The Kier molecular flexibility index (Phi) is 3.41. The minimum atomic E-state index is -5.42. The van der Waals surface area contributed by atoms with Crippen molar-refractivity contribution in [2.24, 2.45) is 0 Å². The van der Waals surface area contributed by atoms with Crippen LogP contribution in [0.3, 0.4) is 0 Å². The Balaban J connectivity index is 3.18. The second-order valence-electron chi connectivity index (χ2n) is 3.09. The largest absolute Gasteiger partial charge is 0.497 e. The molecule has 0 atom stereocenters. The van der Waals surface area contributed by atoms with Crippen molar-refractivity contribution in [2.75, 3.05) is 0 Å². The highest BCUT2D eigenvalue weighted by Crippen LogP contribution is 2.29. The molecular formula is C8H6F3NO4S. The number of nitrogens with zero attached hydrogens (tertiary/aromatic N) is 1. The fraction of sp³-hybridized carbons (Fsp3) is 0.250. The van der Waals surface area contributed by atoms with E-state index in [1.807, 2.05) is 0 Å². The molecule has 0 unspecified atom stereocenters. The van der Waals surface area contributed by atoms with Crippen molar-refractivity contribution < 1.29 is 26.5 Å². The van der Waals surface area contributed by atoms with Gasteiger partial charge in [-0.3, -0.25) is 10.1 Å². The van der Waals surface area contributed by atoms with Crippen LogP contribution in [0.5, 0.6) is 0 Å². The molecule has 0 saturated heterocycles. The first kappa shape index (κ1) is 13.4. The zero-order chi connectivity index (χ0) is 13.3. The van der Waals surface area contributed by atoms with Crippen LogP contribution in [0, 0.1) is 10.1 Å². The molecule has 0 aliphatic heterocycles. The number of halogens is 3. The molecule has 1 rings (SSSR count). The van der Waals surface area contributed by atoms with Gasteiger partial charge in [0.2, 0.25) is 0 Å². The van der Waals surface area contributed by atoms with Gasteiger partial charge in [-0.15, -0.1) is 0 Å². The lowest BCUT2D eigenvalue weighted by Gasteiger charge is -2.07. The normalized spacial score (nSPS) is 12.4. The summed E-state index contributed by atoms with van der Waals surface area (Å²) in [6, 6.07) is 4.39. The highest BCUT2D eigenvalue weighted by atomic mass is 32.2. The fourth-order valence-electron chi connectivity index (χ4n) is 1.10. The molecule has 1 aromatic rings. The third-order valence-corrected chi connectivity index (χ3v) is 3.28. The van der Waals surface area contributed by atoms with Crippen molar-refractivity contribution in [1.82, 2.24) is 0 Å². The maximum absolute atomic E-state index is 12.1. The maximum atomic E-state index is 12.1. The number of hydrogen-bond acceptors (Lipinski definition) is 4. The summed E-state index contributed by atoms with van der Waals surface area (Å²) in [7, 11) is -5.41.